The molecule has 0 aliphatic rings. The molecule has 0 aromatic heterocycles. The fourth-order valence-electron chi connectivity index (χ4n) is 3.67. The number of amides is 2. The zero-order valence-corrected chi connectivity index (χ0v) is 22.9. The van der Waals surface area contributed by atoms with Crippen molar-refractivity contribution in [1.82, 2.24) is 10.2 Å². The van der Waals surface area contributed by atoms with Gasteiger partial charge in [-0.25, -0.2) is 8.42 Å². The van der Waals surface area contributed by atoms with E-state index in [9.17, 15) is 18.0 Å². The molecule has 3 aromatic carbocycles. The molecule has 0 bridgehead atoms. The Kier molecular flexibility index (Phi) is 9.97. The first-order valence-electron chi connectivity index (χ1n) is 11.8. The fourth-order valence-corrected chi connectivity index (χ4v) is 5.55. The average Bonchev–Trinajstić information content (AvgIpc) is 2.91. The predicted molar refractivity (Wildman–Crippen MR) is 147 cm³/mol. The number of hydrogen-bond acceptors (Lipinski definition) is 4. The number of halogens is 2. The van der Waals surface area contributed by atoms with Gasteiger partial charge in [-0.1, -0.05) is 78.7 Å². The van der Waals surface area contributed by atoms with E-state index in [0.717, 1.165) is 16.3 Å². The van der Waals surface area contributed by atoms with E-state index in [2.05, 4.69) is 5.32 Å². The third-order valence-corrected chi connectivity index (χ3v) is 8.03. The number of anilines is 1. The first-order chi connectivity index (χ1) is 17.6. The van der Waals surface area contributed by atoms with Crippen LogP contribution in [0.3, 0.4) is 0 Å². The van der Waals surface area contributed by atoms with Crippen LogP contribution in [0, 0.1) is 0 Å². The minimum absolute atomic E-state index is 0.0119. The molecule has 0 radical (unpaired) electrons. The number of nitrogens with zero attached hydrogens (tertiary/aromatic N) is 2. The van der Waals surface area contributed by atoms with Gasteiger partial charge >= 0.3 is 0 Å². The fraction of sp³-hybridized carbons (Fsp3) is 0.259. The van der Waals surface area contributed by atoms with Gasteiger partial charge in [-0.3, -0.25) is 13.9 Å². The van der Waals surface area contributed by atoms with Crippen molar-refractivity contribution in [2.24, 2.45) is 0 Å². The largest absolute Gasteiger partial charge is 0.354 e. The Morgan fingerprint density at radius 2 is 1.57 bits per heavy atom. The van der Waals surface area contributed by atoms with Gasteiger partial charge in [0, 0.05) is 18.1 Å². The van der Waals surface area contributed by atoms with Crippen molar-refractivity contribution in [2.45, 2.75) is 37.8 Å². The van der Waals surface area contributed by atoms with Crippen LogP contribution in [-0.2, 0) is 26.2 Å². The minimum atomic E-state index is -4.21. The van der Waals surface area contributed by atoms with Gasteiger partial charge in [-0.15, -0.1) is 0 Å². The van der Waals surface area contributed by atoms with Gasteiger partial charge in [0.25, 0.3) is 10.0 Å². The van der Waals surface area contributed by atoms with Crippen molar-refractivity contribution in [3.05, 3.63) is 94.5 Å². The van der Waals surface area contributed by atoms with Gasteiger partial charge in [0.05, 0.1) is 15.6 Å². The van der Waals surface area contributed by atoms with Crippen LogP contribution in [0.5, 0.6) is 0 Å². The molecule has 1 N–H and O–H groups in total. The van der Waals surface area contributed by atoms with Gasteiger partial charge in [-0.2, -0.15) is 0 Å². The average molecular weight is 563 g/mol. The lowest BCUT2D eigenvalue weighted by Gasteiger charge is -2.32. The SMILES string of the molecule is CCCNC(=O)C(C)N(Cc1ccccc1)C(=O)CN(c1cc(Cl)ccc1Cl)S(=O)(=O)c1ccccc1. The Morgan fingerprint density at radius 3 is 2.19 bits per heavy atom. The van der Waals surface area contributed by atoms with E-state index < -0.39 is 28.5 Å². The zero-order valence-electron chi connectivity index (χ0n) is 20.6. The summed E-state index contributed by atoms with van der Waals surface area (Å²) in [5, 5.41) is 3.18. The third-order valence-electron chi connectivity index (χ3n) is 5.70. The highest BCUT2D eigenvalue weighted by Crippen LogP contribution is 2.33. The molecule has 0 heterocycles. The van der Waals surface area contributed by atoms with E-state index in [4.69, 9.17) is 23.2 Å². The van der Waals surface area contributed by atoms with Crippen LogP contribution < -0.4 is 9.62 Å². The molecule has 1 atom stereocenters. The van der Waals surface area contributed by atoms with Crippen molar-refractivity contribution in [3.63, 3.8) is 0 Å². The molecular weight excluding hydrogens is 533 g/mol. The number of sulfonamides is 1. The number of carbonyl (C=O) groups excluding carboxylic acids is 2. The molecule has 1 unspecified atom stereocenters. The molecular formula is C27H29Cl2N3O4S. The van der Waals surface area contributed by atoms with Gasteiger partial charge in [0.15, 0.2) is 0 Å². The van der Waals surface area contributed by atoms with E-state index in [0.29, 0.717) is 6.54 Å². The molecule has 3 aromatic rings. The van der Waals surface area contributed by atoms with Crippen LogP contribution in [0.1, 0.15) is 25.8 Å². The molecule has 0 aliphatic carbocycles. The predicted octanol–water partition coefficient (Wildman–Crippen LogP) is 5.13. The summed E-state index contributed by atoms with van der Waals surface area (Å²) in [5.74, 6) is -0.900. The Bertz CT molecular complexity index is 1320. The number of rotatable bonds is 11. The highest BCUT2D eigenvalue weighted by molar-refractivity contribution is 7.92. The molecule has 0 aliphatic heterocycles. The highest BCUT2D eigenvalue weighted by Gasteiger charge is 2.33. The molecule has 3 rings (SSSR count). The number of carbonyl (C=O) groups is 2. The maximum atomic E-state index is 13.8. The summed E-state index contributed by atoms with van der Waals surface area (Å²) in [6.45, 7) is 3.54. The third kappa shape index (κ3) is 7.25. The summed E-state index contributed by atoms with van der Waals surface area (Å²) in [7, 11) is -4.21. The maximum absolute atomic E-state index is 13.8. The topological polar surface area (TPSA) is 86.8 Å². The van der Waals surface area contributed by atoms with Crippen LogP contribution in [-0.4, -0.2) is 44.3 Å². The second-order valence-electron chi connectivity index (χ2n) is 8.39. The number of hydrogen-bond donors (Lipinski definition) is 1. The number of nitrogens with one attached hydrogen (secondary N) is 1. The van der Waals surface area contributed by atoms with Gasteiger partial charge in [-0.05, 0) is 49.2 Å². The second-order valence-corrected chi connectivity index (χ2v) is 11.1. The summed E-state index contributed by atoms with van der Waals surface area (Å²) >= 11 is 12.6. The number of benzene rings is 3. The lowest BCUT2D eigenvalue weighted by Crippen LogP contribution is -2.51. The minimum Gasteiger partial charge on any atom is -0.354 e. The molecule has 37 heavy (non-hydrogen) atoms. The Hall–Kier alpha value is -3.07. The first-order valence-corrected chi connectivity index (χ1v) is 14.0. The van der Waals surface area contributed by atoms with E-state index in [1.165, 1.54) is 35.2 Å². The summed E-state index contributed by atoms with van der Waals surface area (Å²) in [6.07, 6.45) is 0.738. The summed E-state index contributed by atoms with van der Waals surface area (Å²) in [5.41, 5.74) is 0.860. The van der Waals surface area contributed by atoms with Crippen LogP contribution in [0.15, 0.2) is 83.8 Å². The quantitative estimate of drug-likeness (QED) is 0.351. The smallest absolute Gasteiger partial charge is 0.264 e. The van der Waals surface area contributed by atoms with E-state index in [1.54, 1.807) is 25.1 Å². The standard InChI is InChI=1S/C27H29Cl2N3O4S/c1-3-16-30-27(34)20(2)31(18-21-10-6-4-7-11-21)26(33)19-32(25-17-22(28)14-15-24(25)29)37(35,36)23-12-8-5-9-13-23/h4-15,17,20H,3,16,18-19H2,1-2H3,(H,30,34). The molecule has 0 spiro atoms. The summed E-state index contributed by atoms with van der Waals surface area (Å²) in [4.78, 5) is 28.0. The normalized spacial score (nSPS) is 12.0. The molecule has 0 fully saturated rings. The second kappa shape index (κ2) is 12.9. The van der Waals surface area contributed by atoms with Crippen molar-refractivity contribution < 1.29 is 18.0 Å². The summed E-state index contributed by atoms with van der Waals surface area (Å²) in [6, 6.07) is 20.5. The van der Waals surface area contributed by atoms with Crippen molar-refractivity contribution in [3.8, 4) is 0 Å². The van der Waals surface area contributed by atoms with Crippen LogP contribution in [0.25, 0.3) is 0 Å². The molecule has 0 saturated heterocycles. The highest BCUT2D eigenvalue weighted by atomic mass is 35.5. The van der Waals surface area contributed by atoms with E-state index in [1.807, 2.05) is 37.3 Å². The van der Waals surface area contributed by atoms with E-state index >= 15 is 0 Å². The molecule has 10 heteroatoms. The Morgan fingerprint density at radius 1 is 0.946 bits per heavy atom. The summed E-state index contributed by atoms with van der Waals surface area (Å²) < 4.78 is 28.4. The molecule has 196 valence electrons. The Labute approximate surface area is 228 Å². The van der Waals surface area contributed by atoms with Gasteiger partial charge in [0.1, 0.15) is 12.6 Å². The van der Waals surface area contributed by atoms with Crippen molar-refractivity contribution in [2.75, 3.05) is 17.4 Å². The van der Waals surface area contributed by atoms with E-state index in [-0.39, 0.29) is 33.1 Å². The molecule has 7 nitrogen and oxygen atoms in total. The van der Waals surface area contributed by atoms with Crippen LogP contribution >= 0.6 is 23.2 Å². The van der Waals surface area contributed by atoms with Crippen molar-refractivity contribution in [1.29, 1.82) is 0 Å². The Balaban J connectivity index is 2.04. The van der Waals surface area contributed by atoms with Crippen molar-refractivity contribution >= 4 is 50.7 Å². The lowest BCUT2D eigenvalue weighted by molar-refractivity contribution is -0.139. The maximum Gasteiger partial charge on any atom is 0.264 e. The van der Waals surface area contributed by atoms with Gasteiger partial charge in [0.2, 0.25) is 11.8 Å². The molecule has 0 saturated carbocycles. The van der Waals surface area contributed by atoms with Crippen LogP contribution in [0.4, 0.5) is 5.69 Å². The lowest BCUT2D eigenvalue weighted by atomic mass is 10.1. The first kappa shape index (κ1) is 28.5. The van der Waals surface area contributed by atoms with Crippen LogP contribution in [0.2, 0.25) is 10.0 Å². The molecule has 2 amide bonds. The zero-order chi connectivity index (χ0) is 27.0. The van der Waals surface area contributed by atoms with Gasteiger partial charge < -0.3 is 10.2 Å². The monoisotopic (exact) mass is 561 g/mol.